The minimum Gasteiger partial charge on any atom is -0.347 e. The zero-order valence-electron chi connectivity index (χ0n) is 20.5. The summed E-state index contributed by atoms with van der Waals surface area (Å²) in [5.74, 6) is 1.66. The summed E-state index contributed by atoms with van der Waals surface area (Å²) in [4.78, 5) is 12.8. The van der Waals surface area contributed by atoms with Crippen LogP contribution in [0.4, 0.5) is 11.6 Å². The van der Waals surface area contributed by atoms with E-state index in [0.717, 1.165) is 45.3 Å². The van der Waals surface area contributed by atoms with Crippen molar-refractivity contribution < 1.29 is 0 Å². The van der Waals surface area contributed by atoms with E-state index in [1.807, 2.05) is 12.1 Å². The van der Waals surface area contributed by atoms with Crippen LogP contribution in [-0.2, 0) is 0 Å². The number of aromatic nitrogens is 4. The van der Waals surface area contributed by atoms with Gasteiger partial charge in [-0.15, -0.1) is 0 Å². The molecule has 3 heterocycles. The molecular formula is C32H22BN5. The van der Waals surface area contributed by atoms with Crippen LogP contribution in [0.3, 0.4) is 0 Å². The van der Waals surface area contributed by atoms with E-state index in [1.165, 1.54) is 10.9 Å². The molecular weight excluding hydrogens is 465 g/mol. The van der Waals surface area contributed by atoms with Crippen LogP contribution in [-0.4, -0.2) is 25.9 Å². The Bertz CT molecular complexity index is 1940. The van der Waals surface area contributed by atoms with E-state index >= 15 is 0 Å². The van der Waals surface area contributed by atoms with E-state index in [-0.39, 0.29) is 6.85 Å². The summed E-state index contributed by atoms with van der Waals surface area (Å²) >= 11 is 0. The summed E-state index contributed by atoms with van der Waals surface area (Å²) in [7, 11) is 0. The van der Waals surface area contributed by atoms with Crippen molar-refractivity contribution in [2.45, 2.75) is 0 Å². The van der Waals surface area contributed by atoms with Gasteiger partial charge in [0, 0.05) is 11.4 Å². The summed E-state index contributed by atoms with van der Waals surface area (Å²) in [6.07, 6.45) is 0. The van der Waals surface area contributed by atoms with Crippen molar-refractivity contribution in [3.05, 3.63) is 133 Å². The molecule has 5 aromatic carbocycles. The molecule has 38 heavy (non-hydrogen) atoms. The Morgan fingerprint density at radius 1 is 0.474 bits per heavy atom. The SMILES string of the molecule is c1ccc(B2c3ccccc3-n3c(nc4ccccc43)-n3c(nc4ccccc43)N2c2ccccc2)cc1. The highest BCUT2D eigenvalue weighted by Gasteiger charge is 2.38. The highest BCUT2D eigenvalue weighted by Crippen LogP contribution is 2.36. The van der Waals surface area contributed by atoms with Crippen molar-refractivity contribution in [3.8, 4) is 11.6 Å². The fourth-order valence-electron chi connectivity index (χ4n) is 5.77. The predicted octanol–water partition coefficient (Wildman–Crippen LogP) is 5.62. The first kappa shape index (κ1) is 21.0. The van der Waals surface area contributed by atoms with Gasteiger partial charge in [0.2, 0.25) is 11.9 Å². The Balaban J connectivity index is 1.60. The van der Waals surface area contributed by atoms with Crippen molar-refractivity contribution in [2.24, 2.45) is 0 Å². The number of fused-ring (bicyclic) bond motifs is 9. The van der Waals surface area contributed by atoms with Crippen LogP contribution in [0, 0.1) is 0 Å². The molecule has 8 rings (SSSR count). The number of hydrogen-bond acceptors (Lipinski definition) is 3. The average Bonchev–Trinajstić information content (AvgIpc) is 3.54. The predicted molar refractivity (Wildman–Crippen MR) is 156 cm³/mol. The van der Waals surface area contributed by atoms with Crippen LogP contribution in [0.5, 0.6) is 0 Å². The van der Waals surface area contributed by atoms with E-state index in [0.29, 0.717) is 0 Å². The molecule has 0 unspecified atom stereocenters. The Kier molecular flexibility index (Phi) is 4.55. The standard InChI is InChI=1S/C32H22BN5/c1-3-13-23(14-4-1)33-25-17-7-10-20-28(25)36-29-21-11-8-18-26(29)34-31(36)37-30-22-12-9-19-27(30)35-32(37)38(33)24-15-5-2-6-16-24/h1-22H. The first-order valence-corrected chi connectivity index (χ1v) is 12.8. The smallest absolute Gasteiger partial charge is 0.333 e. The molecule has 178 valence electrons. The molecule has 0 radical (unpaired) electrons. The van der Waals surface area contributed by atoms with Gasteiger partial charge >= 0.3 is 6.85 Å². The minimum absolute atomic E-state index is 0.125. The molecule has 0 amide bonds. The Labute approximate surface area is 220 Å². The molecule has 0 bridgehead atoms. The molecule has 1 aliphatic heterocycles. The number of para-hydroxylation sites is 6. The second-order valence-corrected chi connectivity index (χ2v) is 9.55. The van der Waals surface area contributed by atoms with Crippen LogP contribution in [0.2, 0.25) is 0 Å². The highest BCUT2D eigenvalue weighted by molar-refractivity contribution is 6.89. The first-order valence-electron chi connectivity index (χ1n) is 12.8. The van der Waals surface area contributed by atoms with Gasteiger partial charge in [0.15, 0.2) is 0 Å². The lowest BCUT2D eigenvalue weighted by Crippen LogP contribution is -2.57. The number of anilines is 2. The van der Waals surface area contributed by atoms with Gasteiger partial charge in [-0.2, -0.15) is 0 Å². The fourth-order valence-corrected chi connectivity index (χ4v) is 5.77. The third kappa shape index (κ3) is 3.00. The van der Waals surface area contributed by atoms with Crippen LogP contribution < -0.4 is 15.7 Å². The van der Waals surface area contributed by atoms with Crippen molar-refractivity contribution >= 4 is 51.5 Å². The lowest BCUT2D eigenvalue weighted by Gasteiger charge is -2.34. The number of benzene rings is 5. The van der Waals surface area contributed by atoms with E-state index in [9.17, 15) is 0 Å². The summed E-state index contributed by atoms with van der Waals surface area (Å²) in [5, 5.41) is 0. The van der Waals surface area contributed by atoms with Crippen molar-refractivity contribution in [2.75, 3.05) is 4.81 Å². The summed E-state index contributed by atoms with van der Waals surface area (Å²) < 4.78 is 4.51. The monoisotopic (exact) mass is 487 g/mol. The quantitative estimate of drug-likeness (QED) is 0.297. The number of hydrogen-bond donors (Lipinski definition) is 0. The maximum absolute atomic E-state index is 5.27. The molecule has 6 heteroatoms. The molecule has 0 atom stereocenters. The van der Waals surface area contributed by atoms with E-state index in [1.54, 1.807) is 0 Å². The van der Waals surface area contributed by atoms with Crippen LogP contribution in [0.25, 0.3) is 33.7 Å². The van der Waals surface area contributed by atoms with Crippen molar-refractivity contribution in [1.82, 2.24) is 19.1 Å². The van der Waals surface area contributed by atoms with Gasteiger partial charge in [0.25, 0.3) is 0 Å². The van der Waals surface area contributed by atoms with Gasteiger partial charge in [-0.1, -0.05) is 96.5 Å². The van der Waals surface area contributed by atoms with Gasteiger partial charge in [0.05, 0.1) is 22.1 Å². The maximum Gasteiger partial charge on any atom is 0.333 e. The fraction of sp³-hybridized carbons (Fsp3) is 0. The zero-order valence-corrected chi connectivity index (χ0v) is 20.5. The molecule has 0 aliphatic carbocycles. The summed E-state index contributed by atoms with van der Waals surface area (Å²) in [6.45, 7) is -0.125. The van der Waals surface area contributed by atoms with Gasteiger partial charge in [-0.3, -0.25) is 4.57 Å². The van der Waals surface area contributed by atoms with E-state index < -0.39 is 0 Å². The second-order valence-electron chi connectivity index (χ2n) is 9.55. The molecule has 0 spiro atoms. The van der Waals surface area contributed by atoms with Gasteiger partial charge < -0.3 is 4.81 Å². The number of nitrogens with zero attached hydrogens (tertiary/aromatic N) is 5. The normalized spacial score (nSPS) is 12.6. The molecule has 0 fully saturated rings. The van der Waals surface area contributed by atoms with Gasteiger partial charge in [0.1, 0.15) is 0 Å². The lowest BCUT2D eigenvalue weighted by atomic mass is 9.48. The Morgan fingerprint density at radius 3 is 1.76 bits per heavy atom. The third-order valence-electron chi connectivity index (χ3n) is 7.38. The Hall–Kier alpha value is -5.10. The van der Waals surface area contributed by atoms with Crippen LogP contribution in [0.1, 0.15) is 0 Å². The number of imidazole rings is 2. The van der Waals surface area contributed by atoms with E-state index in [2.05, 4.69) is 135 Å². The molecule has 2 aromatic heterocycles. The minimum atomic E-state index is -0.125. The average molecular weight is 487 g/mol. The maximum atomic E-state index is 5.27. The van der Waals surface area contributed by atoms with Gasteiger partial charge in [-0.25, -0.2) is 14.5 Å². The van der Waals surface area contributed by atoms with Crippen molar-refractivity contribution in [1.29, 1.82) is 0 Å². The third-order valence-corrected chi connectivity index (χ3v) is 7.38. The summed E-state index contributed by atoms with van der Waals surface area (Å²) in [6, 6.07) is 46.6. The van der Waals surface area contributed by atoms with Crippen LogP contribution in [0.15, 0.2) is 133 Å². The summed E-state index contributed by atoms with van der Waals surface area (Å²) in [5.41, 5.74) is 8.52. The zero-order chi connectivity index (χ0) is 25.1. The highest BCUT2D eigenvalue weighted by atomic mass is 15.4. The first-order chi connectivity index (χ1) is 18.9. The molecule has 1 aliphatic rings. The van der Waals surface area contributed by atoms with Crippen LogP contribution >= 0.6 is 0 Å². The van der Waals surface area contributed by atoms with Gasteiger partial charge in [-0.05, 0) is 47.9 Å². The largest absolute Gasteiger partial charge is 0.347 e. The van der Waals surface area contributed by atoms with Crippen molar-refractivity contribution in [3.63, 3.8) is 0 Å². The topological polar surface area (TPSA) is 38.9 Å². The van der Waals surface area contributed by atoms with E-state index in [4.69, 9.17) is 9.97 Å². The molecule has 0 saturated heterocycles. The number of rotatable bonds is 2. The molecule has 5 nitrogen and oxygen atoms in total. The Morgan fingerprint density at radius 2 is 1.03 bits per heavy atom. The molecule has 7 aromatic rings. The second kappa shape index (κ2) is 8.22. The molecule has 0 saturated carbocycles. The molecule has 0 N–H and O–H groups in total. The lowest BCUT2D eigenvalue weighted by molar-refractivity contribution is 0.914.